The number of alkyl carbamates (subject to hydrolysis) is 1. The number of hydrogen-bond acceptors (Lipinski definition) is 4. The minimum Gasteiger partial charge on any atom is -0.481 e. The number of fused-ring (bicyclic) bond motifs is 3. The van der Waals surface area contributed by atoms with E-state index in [9.17, 15) is 14.4 Å². The van der Waals surface area contributed by atoms with Crippen LogP contribution in [0.25, 0.3) is 11.1 Å². The van der Waals surface area contributed by atoms with Gasteiger partial charge in [0.1, 0.15) is 12.6 Å². The van der Waals surface area contributed by atoms with Crippen molar-refractivity contribution in [3.8, 4) is 11.1 Å². The van der Waals surface area contributed by atoms with Crippen molar-refractivity contribution < 1.29 is 24.2 Å². The number of carbonyl (C=O) groups excluding carboxylic acids is 2. The second-order valence-corrected chi connectivity index (χ2v) is 9.86. The average molecular weight is 467 g/mol. The Balaban J connectivity index is 1.68. The molecule has 1 aliphatic carbocycles. The maximum absolute atomic E-state index is 13.0. The van der Waals surface area contributed by atoms with E-state index in [2.05, 4.69) is 22.8 Å². The molecule has 1 aliphatic rings. The molecule has 0 saturated carbocycles. The molecule has 0 spiro atoms. The van der Waals surface area contributed by atoms with E-state index in [4.69, 9.17) is 9.84 Å². The molecule has 0 aromatic heterocycles. The second-order valence-electron chi connectivity index (χ2n) is 9.86. The van der Waals surface area contributed by atoms with Crippen molar-refractivity contribution in [1.29, 1.82) is 0 Å². The molecule has 2 aromatic rings. The molecular formula is C27H34N2O5. The lowest BCUT2D eigenvalue weighted by molar-refractivity contribution is -0.138. The normalized spacial score (nSPS) is 14.5. The lowest BCUT2D eigenvalue weighted by atomic mass is 9.86. The van der Waals surface area contributed by atoms with Crippen LogP contribution in [0, 0.1) is 5.41 Å². The predicted molar refractivity (Wildman–Crippen MR) is 131 cm³/mol. The molecule has 3 N–H and O–H groups in total. The van der Waals surface area contributed by atoms with Crippen molar-refractivity contribution in [3.63, 3.8) is 0 Å². The Bertz CT molecular complexity index is 998. The van der Waals surface area contributed by atoms with Crippen LogP contribution >= 0.6 is 0 Å². The average Bonchev–Trinajstić information content (AvgIpc) is 3.08. The van der Waals surface area contributed by atoms with Gasteiger partial charge in [-0.25, -0.2) is 4.79 Å². The number of carboxylic acids is 1. The first-order valence-electron chi connectivity index (χ1n) is 11.8. The zero-order valence-electron chi connectivity index (χ0n) is 20.3. The molecule has 2 amide bonds. The molecule has 182 valence electrons. The summed E-state index contributed by atoms with van der Waals surface area (Å²) >= 11 is 0. The lowest BCUT2D eigenvalue weighted by Crippen LogP contribution is -2.55. The van der Waals surface area contributed by atoms with Gasteiger partial charge in [0.15, 0.2) is 0 Å². The van der Waals surface area contributed by atoms with Crippen LogP contribution in [0.15, 0.2) is 48.5 Å². The third-order valence-corrected chi connectivity index (χ3v) is 6.14. The molecule has 7 heteroatoms. The van der Waals surface area contributed by atoms with E-state index in [1.807, 2.05) is 64.1 Å². The minimum absolute atomic E-state index is 0.0791. The monoisotopic (exact) mass is 466 g/mol. The highest BCUT2D eigenvalue weighted by Crippen LogP contribution is 2.44. The molecule has 0 heterocycles. The summed E-state index contributed by atoms with van der Waals surface area (Å²) in [6.07, 6.45) is 0.432. The zero-order valence-corrected chi connectivity index (χ0v) is 20.3. The summed E-state index contributed by atoms with van der Waals surface area (Å²) in [7, 11) is 0. The molecule has 7 nitrogen and oxygen atoms in total. The zero-order chi connectivity index (χ0) is 24.9. The standard InChI is InChI=1S/C27H34N2O5/c1-5-10-17(15-23(30)31)28-25(32)24(27(2,3)4)29-26(33)34-16-22-20-13-8-6-11-18(20)19-12-7-9-14-21(19)22/h6-9,11-14,17,22,24H,5,10,15-16H2,1-4H3,(H,28,32)(H,29,33)(H,30,31). The van der Waals surface area contributed by atoms with Crippen LogP contribution in [-0.4, -0.2) is 41.8 Å². The highest BCUT2D eigenvalue weighted by Gasteiger charge is 2.35. The first-order chi connectivity index (χ1) is 16.1. The summed E-state index contributed by atoms with van der Waals surface area (Å²) in [5.74, 6) is -1.47. The molecule has 0 radical (unpaired) electrons. The van der Waals surface area contributed by atoms with Crippen molar-refractivity contribution in [2.75, 3.05) is 6.61 Å². The second kappa shape index (κ2) is 10.7. The van der Waals surface area contributed by atoms with Crippen LogP contribution in [-0.2, 0) is 14.3 Å². The quantitative estimate of drug-likeness (QED) is 0.497. The minimum atomic E-state index is -0.976. The SMILES string of the molecule is CCCC(CC(=O)O)NC(=O)C(NC(=O)OCC1c2ccccc2-c2ccccc21)C(C)(C)C. The van der Waals surface area contributed by atoms with Gasteiger partial charge in [0.2, 0.25) is 5.91 Å². The Labute approximate surface area is 200 Å². The number of hydrogen-bond donors (Lipinski definition) is 3. The number of rotatable bonds is 9. The third-order valence-electron chi connectivity index (χ3n) is 6.14. The molecule has 0 fully saturated rings. The number of benzene rings is 2. The maximum atomic E-state index is 13.0. The Morgan fingerprint density at radius 1 is 0.971 bits per heavy atom. The molecule has 34 heavy (non-hydrogen) atoms. The van der Waals surface area contributed by atoms with Gasteiger partial charge in [-0.1, -0.05) is 82.6 Å². The van der Waals surface area contributed by atoms with E-state index in [-0.39, 0.29) is 18.9 Å². The highest BCUT2D eigenvalue weighted by atomic mass is 16.5. The van der Waals surface area contributed by atoms with Gasteiger partial charge >= 0.3 is 12.1 Å². The third kappa shape index (κ3) is 5.95. The largest absolute Gasteiger partial charge is 0.481 e. The van der Waals surface area contributed by atoms with Crippen LogP contribution in [0.1, 0.15) is 64.0 Å². The molecule has 0 bridgehead atoms. The van der Waals surface area contributed by atoms with E-state index in [0.29, 0.717) is 6.42 Å². The number of ether oxygens (including phenoxy) is 1. The van der Waals surface area contributed by atoms with E-state index in [1.54, 1.807) is 0 Å². The summed E-state index contributed by atoms with van der Waals surface area (Å²) in [5.41, 5.74) is 3.89. The summed E-state index contributed by atoms with van der Waals surface area (Å²) in [6, 6.07) is 14.8. The van der Waals surface area contributed by atoms with Crippen LogP contribution in [0.2, 0.25) is 0 Å². The summed E-state index contributed by atoms with van der Waals surface area (Å²) < 4.78 is 5.61. The summed E-state index contributed by atoms with van der Waals surface area (Å²) in [4.78, 5) is 36.9. The fourth-order valence-corrected chi connectivity index (χ4v) is 4.50. The Morgan fingerprint density at radius 2 is 1.53 bits per heavy atom. The molecule has 2 atom stereocenters. The van der Waals surface area contributed by atoms with E-state index < -0.39 is 35.5 Å². The maximum Gasteiger partial charge on any atom is 0.407 e. The van der Waals surface area contributed by atoms with E-state index >= 15 is 0 Å². The number of aliphatic carboxylic acids is 1. The van der Waals surface area contributed by atoms with Gasteiger partial charge in [-0.05, 0) is 34.1 Å². The van der Waals surface area contributed by atoms with Crippen molar-refractivity contribution >= 4 is 18.0 Å². The number of carbonyl (C=O) groups is 3. The first kappa shape index (κ1) is 25.3. The number of amides is 2. The first-order valence-corrected chi connectivity index (χ1v) is 11.8. The van der Waals surface area contributed by atoms with Gasteiger partial charge in [0, 0.05) is 12.0 Å². The lowest BCUT2D eigenvalue weighted by Gasteiger charge is -2.31. The van der Waals surface area contributed by atoms with Gasteiger partial charge in [-0.3, -0.25) is 9.59 Å². The van der Waals surface area contributed by atoms with Crippen molar-refractivity contribution in [1.82, 2.24) is 10.6 Å². The van der Waals surface area contributed by atoms with Gasteiger partial charge in [0.05, 0.1) is 6.42 Å². The molecule has 2 unspecified atom stereocenters. The smallest absolute Gasteiger partial charge is 0.407 e. The van der Waals surface area contributed by atoms with Crippen LogP contribution in [0.5, 0.6) is 0 Å². The van der Waals surface area contributed by atoms with Crippen LogP contribution in [0.4, 0.5) is 4.79 Å². The predicted octanol–water partition coefficient (Wildman–Crippen LogP) is 4.70. The fourth-order valence-electron chi connectivity index (χ4n) is 4.50. The van der Waals surface area contributed by atoms with E-state index in [1.165, 1.54) is 0 Å². The van der Waals surface area contributed by atoms with Gasteiger partial charge in [-0.2, -0.15) is 0 Å². The molecule has 0 saturated heterocycles. The Morgan fingerprint density at radius 3 is 2.03 bits per heavy atom. The summed E-state index contributed by atoms with van der Waals surface area (Å²) in [5, 5.41) is 14.6. The summed E-state index contributed by atoms with van der Waals surface area (Å²) in [6.45, 7) is 7.60. The van der Waals surface area contributed by atoms with Crippen molar-refractivity contribution in [2.24, 2.45) is 5.41 Å². The Hall–Kier alpha value is -3.35. The van der Waals surface area contributed by atoms with Crippen LogP contribution < -0.4 is 10.6 Å². The van der Waals surface area contributed by atoms with Gasteiger partial charge in [0.25, 0.3) is 0 Å². The Kier molecular flexibility index (Phi) is 7.97. The van der Waals surface area contributed by atoms with Crippen LogP contribution in [0.3, 0.4) is 0 Å². The number of carboxylic acid groups (broad SMARTS) is 1. The number of nitrogens with one attached hydrogen (secondary N) is 2. The fraction of sp³-hybridized carbons (Fsp3) is 0.444. The van der Waals surface area contributed by atoms with Crippen molar-refractivity contribution in [2.45, 2.75) is 65.0 Å². The molecule has 0 aliphatic heterocycles. The topological polar surface area (TPSA) is 105 Å². The molecular weight excluding hydrogens is 432 g/mol. The van der Waals surface area contributed by atoms with Crippen molar-refractivity contribution in [3.05, 3.63) is 59.7 Å². The van der Waals surface area contributed by atoms with Gasteiger partial charge in [-0.15, -0.1) is 0 Å². The highest BCUT2D eigenvalue weighted by molar-refractivity contribution is 5.87. The molecule has 3 rings (SSSR count). The van der Waals surface area contributed by atoms with E-state index in [0.717, 1.165) is 28.7 Å². The van der Waals surface area contributed by atoms with Gasteiger partial charge < -0.3 is 20.5 Å². The molecule has 2 aromatic carbocycles.